The van der Waals surface area contributed by atoms with Gasteiger partial charge in [0.25, 0.3) is 0 Å². The Bertz CT molecular complexity index is 506. The monoisotopic (exact) mass is 290 g/mol. The Morgan fingerprint density at radius 2 is 1.57 bits per heavy atom. The molecule has 0 radical (unpaired) electrons. The van der Waals surface area contributed by atoms with Crippen LogP contribution in [0.5, 0.6) is 0 Å². The Kier molecular flexibility index (Phi) is 4.18. The van der Waals surface area contributed by atoms with Crippen LogP contribution >= 0.6 is 0 Å². The summed E-state index contributed by atoms with van der Waals surface area (Å²) >= 11 is 0. The summed E-state index contributed by atoms with van der Waals surface area (Å²) in [5, 5.41) is 0. The Morgan fingerprint density at radius 1 is 1.10 bits per heavy atom. The van der Waals surface area contributed by atoms with Crippen LogP contribution in [0.15, 0.2) is 24.3 Å². The molecule has 0 unspecified atom stereocenters. The van der Waals surface area contributed by atoms with Gasteiger partial charge in [0.1, 0.15) is 0 Å². The molecule has 1 fully saturated rings. The number of carbonyl (C=O) groups is 1. The van der Waals surface area contributed by atoms with E-state index in [-0.39, 0.29) is 30.2 Å². The molecule has 0 saturated carbocycles. The van der Waals surface area contributed by atoms with E-state index in [1.54, 1.807) is 0 Å². The lowest BCUT2D eigenvalue weighted by molar-refractivity contribution is -0.141. The van der Waals surface area contributed by atoms with Gasteiger partial charge in [-0.3, -0.25) is 4.79 Å². The highest BCUT2D eigenvalue weighted by Crippen LogP contribution is 2.36. The molecule has 0 aliphatic carbocycles. The second-order valence-electron chi connectivity index (χ2n) is 6.50. The lowest BCUT2D eigenvalue weighted by Crippen LogP contribution is -2.41. The highest BCUT2D eigenvalue weighted by molar-refractivity contribution is 6.62. The molecule has 1 aliphatic heterocycles. The molecule has 1 saturated heterocycles. The molecular formula is C16H23BO4. The third kappa shape index (κ3) is 2.99. The standard InChI is InChI=1S/C16H23BO4/c1-11(14(18)19-6)12-7-9-13(10-8-12)17-20-15(2,3)16(4,5)21-17/h7-11H,1-6H3/t11-/m0/s1. The molecule has 0 amide bonds. The minimum absolute atomic E-state index is 0.238. The van der Waals surface area contributed by atoms with Crippen molar-refractivity contribution in [3.05, 3.63) is 29.8 Å². The van der Waals surface area contributed by atoms with Gasteiger partial charge < -0.3 is 14.0 Å². The second-order valence-corrected chi connectivity index (χ2v) is 6.50. The fourth-order valence-corrected chi connectivity index (χ4v) is 2.23. The van der Waals surface area contributed by atoms with Crippen molar-refractivity contribution in [1.82, 2.24) is 0 Å². The minimum Gasteiger partial charge on any atom is -0.469 e. The molecule has 1 atom stereocenters. The van der Waals surface area contributed by atoms with Gasteiger partial charge in [0.05, 0.1) is 24.2 Å². The molecule has 114 valence electrons. The van der Waals surface area contributed by atoms with Crippen LogP contribution in [-0.4, -0.2) is 31.4 Å². The van der Waals surface area contributed by atoms with Gasteiger partial charge >= 0.3 is 13.1 Å². The number of benzene rings is 1. The SMILES string of the molecule is COC(=O)[C@@H](C)c1ccc(B2OC(C)(C)C(C)(C)O2)cc1. The van der Waals surface area contributed by atoms with Gasteiger partial charge in [0.15, 0.2) is 0 Å². The molecule has 4 nitrogen and oxygen atoms in total. The largest absolute Gasteiger partial charge is 0.494 e. The summed E-state index contributed by atoms with van der Waals surface area (Å²) in [4.78, 5) is 11.6. The van der Waals surface area contributed by atoms with Crippen LogP contribution in [0.3, 0.4) is 0 Å². The van der Waals surface area contributed by atoms with E-state index < -0.39 is 0 Å². The number of hydrogen-bond acceptors (Lipinski definition) is 4. The molecule has 21 heavy (non-hydrogen) atoms. The Hall–Kier alpha value is -1.33. The summed E-state index contributed by atoms with van der Waals surface area (Å²) in [6, 6.07) is 7.72. The molecule has 0 aromatic heterocycles. The zero-order chi connectivity index (χ0) is 15.8. The first-order valence-electron chi connectivity index (χ1n) is 7.21. The van der Waals surface area contributed by atoms with Crippen molar-refractivity contribution >= 4 is 18.6 Å². The predicted octanol–water partition coefficient (Wildman–Crippen LogP) is 2.26. The summed E-state index contributed by atoms with van der Waals surface area (Å²) in [6.07, 6.45) is 0. The van der Waals surface area contributed by atoms with Crippen LogP contribution in [0.1, 0.15) is 46.1 Å². The average Bonchev–Trinajstić information content (AvgIpc) is 2.66. The van der Waals surface area contributed by atoms with Gasteiger partial charge in [-0.15, -0.1) is 0 Å². The van der Waals surface area contributed by atoms with Crippen LogP contribution in [0.4, 0.5) is 0 Å². The van der Waals surface area contributed by atoms with Gasteiger partial charge in [0.2, 0.25) is 0 Å². The lowest BCUT2D eigenvalue weighted by atomic mass is 9.78. The molecular weight excluding hydrogens is 267 g/mol. The molecule has 0 bridgehead atoms. The van der Waals surface area contributed by atoms with E-state index in [0.717, 1.165) is 11.0 Å². The quantitative estimate of drug-likeness (QED) is 0.633. The first-order chi connectivity index (χ1) is 9.68. The first kappa shape index (κ1) is 16.1. The number of ether oxygens (including phenoxy) is 1. The Labute approximate surface area is 126 Å². The van der Waals surface area contributed by atoms with Crippen molar-refractivity contribution < 1.29 is 18.8 Å². The zero-order valence-corrected chi connectivity index (χ0v) is 13.6. The zero-order valence-electron chi connectivity index (χ0n) is 13.6. The van der Waals surface area contributed by atoms with E-state index in [4.69, 9.17) is 14.0 Å². The van der Waals surface area contributed by atoms with Crippen LogP contribution < -0.4 is 5.46 Å². The molecule has 2 rings (SSSR count). The van der Waals surface area contributed by atoms with Crippen molar-refractivity contribution in [2.75, 3.05) is 7.11 Å². The van der Waals surface area contributed by atoms with Gasteiger partial charge in [-0.25, -0.2) is 0 Å². The highest BCUT2D eigenvalue weighted by Gasteiger charge is 2.51. The summed E-state index contributed by atoms with van der Waals surface area (Å²) in [7, 11) is 1.02. The van der Waals surface area contributed by atoms with Gasteiger partial charge in [-0.2, -0.15) is 0 Å². The summed E-state index contributed by atoms with van der Waals surface area (Å²) < 4.78 is 16.8. The fourth-order valence-electron chi connectivity index (χ4n) is 2.23. The van der Waals surface area contributed by atoms with Crippen LogP contribution in [0.2, 0.25) is 0 Å². The van der Waals surface area contributed by atoms with Crippen molar-refractivity contribution in [2.45, 2.75) is 51.7 Å². The third-order valence-corrected chi connectivity index (χ3v) is 4.52. The van der Waals surface area contributed by atoms with E-state index in [9.17, 15) is 4.79 Å². The van der Waals surface area contributed by atoms with Crippen molar-refractivity contribution in [2.24, 2.45) is 0 Å². The summed E-state index contributed by atoms with van der Waals surface area (Å²) in [5.41, 5.74) is 1.17. The smallest absolute Gasteiger partial charge is 0.469 e. The number of hydrogen-bond donors (Lipinski definition) is 0. The molecule has 0 N–H and O–H groups in total. The summed E-state index contributed by atoms with van der Waals surface area (Å²) in [5.74, 6) is -0.513. The van der Waals surface area contributed by atoms with E-state index in [0.29, 0.717) is 0 Å². The maximum atomic E-state index is 11.6. The molecule has 1 aliphatic rings. The van der Waals surface area contributed by atoms with E-state index in [1.165, 1.54) is 7.11 Å². The Balaban J connectivity index is 2.16. The topological polar surface area (TPSA) is 44.8 Å². The van der Waals surface area contributed by atoms with Crippen molar-refractivity contribution in [1.29, 1.82) is 0 Å². The number of methoxy groups -OCH3 is 1. The van der Waals surface area contributed by atoms with Crippen LogP contribution in [0, 0.1) is 0 Å². The maximum absolute atomic E-state index is 11.6. The third-order valence-electron chi connectivity index (χ3n) is 4.52. The van der Waals surface area contributed by atoms with E-state index >= 15 is 0 Å². The fraction of sp³-hybridized carbons (Fsp3) is 0.562. The molecule has 5 heteroatoms. The van der Waals surface area contributed by atoms with Gasteiger partial charge in [-0.05, 0) is 45.6 Å². The lowest BCUT2D eigenvalue weighted by Gasteiger charge is -2.32. The molecule has 1 heterocycles. The Morgan fingerprint density at radius 3 is 2.00 bits per heavy atom. The first-order valence-corrected chi connectivity index (χ1v) is 7.21. The van der Waals surface area contributed by atoms with E-state index in [2.05, 4.69) is 0 Å². The normalized spacial score (nSPS) is 21.1. The van der Waals surface area contributed by atoms with E-state index in [1.807, 2.05) is 58.9 Å². The predicted molar refractivity (Wildman–Crippen MR) is 82.6 cm³/mol. The van der Waals surface area contributed by atoms with Crippen molar-refractivity contribution in [3.8, 4) is 0 Å². The van der Waals surface area contributed by atoms with Gasteiger partial charge in [0, 0.05) is 0 Å². The molecule has 0 spiro atoms. The second kappa shape index (κ2) is 5.46. The van der Waals surface area contributed by atoms with Crippen molar-refractivity contribution in [3.63, 3.8) is 0 Å². The number of rotatable bonds is 3. The number of carbonyl (C=O) groups excluding carboxylic acids is 1. The average molecular weight is 290 g/mol. The number of esters is 1. The van der Waals surface area contributed by atoms with Gasteiger partial charge in [-0.1, -0.05) is 24.3 Å². The highest BCUT2D eigenvalue weighted by atomic mass is 16.7. The summed E-state index contributed by atoms with van der Waals surface area (Å²) in [6.45, 7) is 9.94. The maximum Gasteiger partial charge on any atom is 0.494 e. The van der Waals surface area contributed by atoms with Crippen LogP contribution in [-0.2, 0) is 18.8 Å². The minimum atomic E-state index is -0.377. The van der Waals surface area contributed by atoms with Crippen LogP contribution in [0.25, 0.3) is 0 Å². The molecule has 1 aromatic carbocycles. The molecule has 1 aromatic rings.